The summed E-state index contributed by atoms with van der Waals surface area (Å²) in [7, 11) is 1.74. The highest BCUT2D eigenvalue weighted by molar-refractivity contribution is 5.36. The van der Waals surface area contributed by atoms with Crippen LogP contribution in [0.4, 0.5) is 0 Å². The maximum absolute atomic E-state index is 5.30. The zero-order valence-electron chi connectivity index (χ0n) is 11.8. The van der Waals surface area contributed by atoms with Gasteiger partial charge in [-0.05, 0) is 42.5 Å². The summed E-state index contributed by atoms with van der Waals surface area (Å²) in [5, 5.41) is 0. The van der Waals surface area contributed by atoms with E-state index >= 15 is 0 Å². The highest BCUT2D eigenvalue weighted by atomic mass is 16.5. The van der Waals surface area contributed by atoms with E-state index in [2.05, 4.69) is 32.9 Å². The van der Waals surface area contributed by atoms with Crippen LogP contribution in [0.5, 0.6) is 5.75 Å². The molecule has 0 amide bonds. The average molecular weight is 234 g/mol. The predicted molar refractivity (Wildman–Crippen MR) is 74.9 cm³/mol. The Kier molecular flexibility index (Phi) is 6.10. The lowest BCUT2D eigenvalue weighted by Crippen LogP contribution is -1.98. The number of ether oxygens (including phenoxy) is 1. The quantitative estimate of drug-likeness (QED) is 0.598. The molecule has 1 unspecified atom stereocenters. The van der Waals surface area contributed by atoms with Gasteiger partial charge in [-0.3, -0.25) is 0 Å². The normalized spacial score (nSPS) is 12.5. The Morgan fingerprint density at radius 1 is 1.18 bits per heavy atom. The first-order chi connectivity index (χ1) is 8.19. The van der Waals surface area contributed by atoms with Crippen molar-refractivity contribution < 1.29 is 4.74 Å². The van der Waals surface area contributed by atoms with Crippen molar-refractivity contribution in [1.82, 2.24) is 0 Å². The van der Waals surface area contributed by atoms with Crippen molar-refractivity contribution in [3.63, 3.8) is 0 Å². The summed E-state index contributed by atoms with van der Waals surface area (Å²) in [6.07, 6.45) is 6.67. The van der Waals surface area contributed by atoms with Crippen LogP contribution in [0.15, 0.2) is 18.2 Å². The Bertz CT molecular complexity index is 330. The van der Waals surface area contributed by atoms with Crippen LogP contribution in [0.1, 0.15) is 63.0 Å². The SMILES string of the molecule is CCCCCCC(C)c1cc(OC)ccc1C. The van der Waals surface area contributed by atoms with E-state index in [1.54, 1.807) is 7.11 Å². The van der Waals surface area contributed by atoms with Gasteiger partial charge < -0.3 is 4.74 Å². The number of hydrogen-bond donors (Lipinski definition) is 0. The molecule has 0 spiro atoms. The van der Waals surface area contributed by atoms with Gasteiger partial charge in [-0.25, -0.2) is 0 Å². The van der Waals surface area contributed by atoms with E-state index in [-0.39, 0.29) is 0 Å². The molecule has 1 rings (SSSR count). The molecule has 96 valence electrons. The van der Waals surface area contributed by atoms with Gasteiger partial charge in [0.25, 0.3) is 0 Å². The van der Waals surface area contributed by atoms with E-state index in [0.29, 0.717) is 5.92 Å². The van der Waals surface area contributed by atoms with Crippen LogP contribution in [0.25, 0.3) is 0 Å². The number of rotatable bonds is 7. The van der Waals surface area contributed by atoms with Crippen molar-refractivity contribution in [2.75, 3.05) is 7.11 Å². The molecule has 1 nitrogen and oxygen atoms in total. The average Bonchev–Trinajstić information content (AvgIpc) is 2.35. The van der Waals surface area contributed by atoms with E-state index in [4.69, 9.17) is 4.74 Å². The minimum Gasteiger partial charge on any atom is -0.497 e. The molecule has 0 heterocycles. The first-order valence-electron chi connectivity index (χ1n) is 6.83. The van der Waals surface area contributed by atoms with E-state index in [1.165, 1.54) is 43.2 Å². The molecule has 0 saturated heterocycles. The minimum absolute atomic E-state index is 0.641. The second-order valence-electron chi connectivity index (χ2n) is 4.97. The third-order valence-electron chi connectivity index (χ3n) is 3.51. The minimum atomic E-state index is 0.641. The molecule has 17 heavy (non-hydrogen) atoms. The lowest BCUT2D eigenvalue weighted by atomic mass is 9.91. The zero-order valence-corrected chi connectivity index (χ0v) is 11.8. The summed E-state index contributed by atoms with van der Waals surface area (Å²) in [5.41, 5.74) is 2.83. The summed E-state index contributed by atoms with van der Waals surface area (Å²) in [4.78, 5) is 0. The van der Waals surface area contributed by atoms with Crippen LogP contribution in [-0.4, -0.2) is 7.11 Å². The predicted octanol–water partition coefficient (Wildman–Crippen LogP) is 5.08. The summed E-state index contributed by atoms with van der Waals surface area (Å²) in [6.45, 7) is 6.78. The fourth-order valence-electron chi connectivity index (χ4n) is 2.31. The van der Waals surface area contributed by atoms with Crippen molar-refractivity contribution in [1.29, 1.82) is 0 Å². The maximum atomic E-state index is 5.30. The third-order valence-corrected chi connectivity index (χ3v) is 3.51. The molecule has 0 aliphatic heterocycles. The Morgan fingerprint density at radius 2 is 1.94 bits per heavy atom. The van der Waals surface area contributed by atoms with Crippen LogP contribution in [-0.2, 0) is 0 Å². The van der Waals surface area contributed by atoms with Gasteiger partial charge in [0.1, 0.15) is 5.75 Å². The maximum Gasteiger partial charge on any atom is 0.119 e. The molecule has 0 N–H and O–H groups in total. The highest BCUT2D eigenvalue weighted by Crippen LogP contribution is 2.28. The largest absolute Gasteiger partial charge is 0.497 e. The van der Waals surface area contributed by atoms with Gasteiger partial charge in [-0.15, -0.1) is 0 Å². The van der Waals surface area contributed by atoms with Crippen molar-refractivity contribution in [3.05, 3.63) is 29.3 Å². The van der Waals surface area contributed by atoms with Gasteiger partial charge in [0.15, 0.2) is 0 Å². The molecule has 1 aromatic rings. The van der Waals surface area contributed by atoms with E-state index in [0.717, 1.165) is 5.75 Å². The van der Waals surface area contributed by atoms with Crippen molar-refractivity contribution >= 4 is 0 Å². The number of hydrogen-bond acceptors (Lipinski definition) is 1. The first-order valence-corrected chi connectivity index (χ1v) is 6.83. The number of unbranched alkanes of at least 4 members (excludes halogenated alkanes) is 3. The molecule has 0 aromatic heterocycles. The molecule has 0 aliphatic carbocycles. The second-order valence-corrected chi connectivity index (χ2v) is 4.97. The zero-order chi connectivity index (χ0) is 12.7. The smallest absolute Gasteiger partial charge is 0.119 e. The number of methoxy groups -OCH3 is 1. The van der Waals surface area contributed by atoms with Crippen LogP contribution in [0.3, 0.4) is 0 Å². The molecule has 0 radical (unpaired) electrons. The van der Waals surface area contributed by atoms with Gasteiger partial charge in [-0.1, -0.05) is 45.6 Å². The van der Waals surface area contributed by atoms with Gasteiger partial charge in [-0.2, -0.15) is 0 Å². The molecule has 0 fully saturated rings. The summed E-state index contributed by atoms with van der Waals surface area (Å²) in [6, 6.07) is 6.40. The molecule has 0 aliphatic rings. The Hall–Kier alpha value is -0.980. The lowest BCUT2D eigenvalue weighted by molar-refractivity contribution is 0.413. The Balaban J connectivity index is 2.57. The van der Waals surface area contributed by atoms with E-state index in [1.807, 2.05) is 6.07 Å². The van der Waals surface area contributed by atoms with Gasteiger partial charge in [0.2, 0.25) is 0 Å². The fraction of sp³-hybridized carbons (Fsp3) is 0.625. The standard InChI is InChI=1S/C16H26O/c1-5-6-7-8-9-13(2)16-12-15(17-4)11-10-14(16)3/h10-13H,5-9H2,1-4H3. The molecule has 0 bridgehead atoms. The first kappa shape index (κ1) is 14.1. The Labute approximate surface area is 106 Å². The monoisotopic (exact) mass is 234 g/mol. The molecule has 1 atom stereocenters. The molecule has 1 aromatic carbocycles. The number of benzene rings is 1. The van der Waals surface area contributed by atoms with Crippen LogP contribution in [0, 0.1) is 6.92 Å². The van der Waals surface area contributed by atoms with Crippen molar-refractivity contribution in [2.45, 2.75) is 58.8 Å². The lowest BCUT2D eigenvalue weighted by Gasteiger charge is -2.15. The molecular weight excluding hydrogens is 208 g/mol. The highest BCUT2D eigenvalue weighted by Gasteiger charge is 2.09. The van der Waals surface area contributed by atoms with E-state index < -0.39 is 0 Å². The fourth-order valence-corrected chi connectivity index (χ4v) is 2.31. The van der Waals surface area contributed by atoms with Crippen molar-refractivity contribution in [3.8, 4) is 5.75 Å². The van der Waals surface area contributed by atoms with Crippen molar-refractivity contribution in [2.24, 2.45) is 0 Å². The molecule has 0 saturated carbocycles. The summed E-state index contributed by atoms with van der Waals surface area (Å²) >= 11 is 0. The van der Waals surface area contributed by atoms with Crippen LogP contribution >= 0.6 is 0 Å². The van der Waals surface area contributed by atoms with Crippen LogP contribution in [0.2, 0.25) is 0 Å². The topological polar surface area (TPSA) is 9.23 Å². The molecular formula is C16H26O. The van der Waals surface area contributed by atoms with E-state index in [9.17, 15) is 0 Å². The third kappa shape index (κ3) is 4.41. The number of aryl methyl sites for hydroxylation is 1. The second kappa shape index (κ2) is 7.37. The summed E-state index contributed by atoms with van der Waals surface area (Å²) in [5.74, 6) is 1.62. The van der Waals surface area contributed by atoms with Crippen LogP contribution < -0.4 is 4.74 Å². The molecule has 1 heteroatoms. The summed E-state index contributed by atoms with van der Waals surface area (Å²) < 4.78 is 5.30. The Morgan fingerprint density at radius 3 is 2.59 bits per heavy atom. The van der Waals surface area contributed by atoms with Gasteiger partial charge >= 0.3 is 0 Å². The van der Waals surface area contributed by atoms with Gasteiger partial charge in [0.05, 0.1) is 7.11 Å². The van der Waals surface area contributed by atoms with Gasteiger partial charge in [0, 0.05) is 0 Å².